The molecular formula is C20H25N3O3S. The second kappa shape index (κ2) is 8.67. The van der Waals surface area contributed by atoms with Gasteiger partial charge in [-0.1, -0.05) is 18.2 Å². The van der Waals surface area contributed by atoms with E-state index in [1.807, 2.05) is 30.3 Å². The fourth-order valence-corrected chi connectivity index (χ4v) is 3.73. The van der Waals surface area contributed by atoms with Crippen molar-refractivity contribution in [1.29, 1.82) is 0 Å². The smallest absolute Gasteiger partial charge is 0.127 e. The highest BCUT2D eigenvalue weighted by atomic mass is 32.2. The molecule has 4 N–H and O–H groups in total. The molecule has 1 aliphatic heterocycles. The number of β-amino-alcohol motifs (C(OH)–C–C–N with tert-alkyl or cyclic N) is 1. The Morgan fingerprint density at radius 2 is 1.93 bits per heavy atom. The second-order valence-corrected chi connectivity index (χ2v) is 8.36. The van der Waals surface area contributed by atoms with Gasteiger partial charge in [-0.05, 0) is 57.4 Å². The molecular weight excluding hydrogens is 362 g/mol. The molecule has 2 atom stereocenters. The fraction of sp³-hybridized carbons (Fsp3) is 0.300. The minimum absolute atomic E-state index is 0.0648. The van der Waals surface area contributed by atoms with Gasteiger partial charge in [-0.2, -0.15) is 0 Å². The lowest BCUT2D eigenvalue weighted by Gasteiger charge is -2.11. The SMILES string of the molecule is CN(C)S(=O)c1ccc(O)c(-c2cc3ccccc3[nH]2)c1.OC1CCNC1. The highest BCUT2D eigenvalue weighted by molar-refractivity contribution is 7.82. The predicted molar refractivity (Wildman–Crippen MR) is 109 cm³/mol. The van der Waals surface area contributed by atoms with Gasteiger partial charge in [0, 0.05) is 23.0 Å². The number of nitrogens with one attached hydrogen (secondary N) is 2. The number of aromatic hydroxyl groups is 1. The van der Waals surface area contributed by atoms with E-state index in [2.05, 4.69) is 10.3 Å². The van der Waals surface area contributed by atoms with Crippen molar-refractivity contribution in [3.8, 4) is 17.0 Å². The molecule has 2 aromatic carbocycles. The molecule has 2 unspecified atom stereocenters. The quantitative estimate of drug-likeness (QED) is 0.556. The summed E-state index contributed by atoms with van der Waals surface area (Å²) in [5.74, 6) is 0.168. The minimum atomic E-state index is -1.24. The van der Waals surface area contributed by atoms with Crippen molar-refractivity contribution < 1.29 is 14.4 Å². The van der Waals surface area contributed by atoms with Crippen LogP contribution in [0.25, 0.3) is 22.2 Å². The summed E-state index contributed by atoms with van der Waals surface area (Å²) in [5, 5.41) is 22.9. The van der Waals surface area contributed by atoms with Gasteiger partial charge < -0.3 is 20.5 Å². The number of phenols is 1. The normalized spacial score (nSPS) is 17.7. The van der Waals surface area contributed by atoms with Gasteiger partial charge >= 0.3 is 0 Å². The lowest BCUT2D eigenvalue weighted by Crippen LogP contribution is -2.15. The van der Waals surface area contributed by atoms with Crippen molar-refractivity contribution >= 4 is 21.9 Å². The Kier molecular flexibility index (Phi) is 6.28. The number of aliphatic hydroxyl groups is 1. The van der Waals surface area contributed by atoms with E-state index in [9.17, 15) is 9.32 Å². The van der Waals surface area contributed by atoms with Crippen molar-refractivity contribution in [3.05, 3.63) is 48.5 Å². The van der Waals surface area contributed by atoms with Crippen molar-refractivity contribution in [3.63, 3.8) is 0 Å². The molecule has 2 heterocycles. The zero-order valence-electron chi connectivity index (χ0n) is 15.5. The Balaban J connectivity index is 0.000000299. The summed E-state index contributed by atoms with van der Waals surface area (Å²) in [7, 11) is 2.27. The van der Waals surface area contributed by atoms with Crippen LogP contribution in [0.2, 0.25) is 0 Å². The van der Waals surface area contributed by atoms with E-state index < -0.39 is 11.0 Å². The van der Waals surface area contributed by atoms with E-state index in [0.29, 0.717) is 10.5 Å². The first-order valence-corrected chi connectivity index (χ1v) is 9.95. The van der Waals surface area contributed by atoms with Crippen molar-refractivity contribution in [1.82, 2.24) is 14.6 Å². The van der Waals surface area contributed by atoms with Crippen LogP contribution in [-0.4, -0.2) is 57.0 Å². The first kappa shape index (κ1) is 19.6. The average Bonchev–Trinajstić information content (AvgIpc) is 3.30. The largest absolute Gasteiger partial charge is 0.507 e. The summed E-state index contributed by atoms with van der Waals surface area (Å²) in [6.07, 6.45) is 0.866. The first-order chi connectivity index (χ1) is 13.0. The number of fused-ring (bicyclic) bond motifs is 1. The number of phenolic OH excluding ortho intramolecular Hbond substituents is 1. The summed E-state index contributed by atoms with van der Waals surface area (Å²) in [6.45, 7) is 1.78. The molecule has 144 valence electrons. The molecule has 1 aliphatic rings. The Morgan fingerprint density at radius 1 is 1.15 bits per heavy atom. The minimum Gasteiger partial charge on any atom is -0.507 e. The van der Waals surface area contributed by atoms with Crippen LogP contribution in [-0.2, 0) is 11.0 Å². The van der Waals surface area contributed by atoms with Crippen LogP contribution in [0.15, 0.2) is 53.4 Å². The van der Waals surface area contributed by atoms with Crippen LogP contribution >= 0.6 is 0 Å². The van der Waals surface area contributed by atoms with E-state index in [4.69, 9.17) is 5.11 Å². The molecule has 0 saturated carbocycles. The monoisotopic (exact) mass is 387 g/mol. The summed E-state index contributed by atoms with van der Waals surface area (Å²) < 4.78 is 13.8. The van der Waals surface area contributed by atoms with Crippen molar-refractivity contribution in [2.45, 2.75) is 17.4 Å². The van der Waals surface area contributed by atoms with E-state index >= 15 is 0 Å². The van der Waals surface area contributed by atoms with Crippen LogP contribution in [0.1, 0.15) is 6.42 Å². The van der Waals surface area contributed by atoms with Gasteiger partial charge in [0.15, 0.2) is 0 Å². The number of benzene rings is 2. The first-order valence-electron chi connectivity index (χ1n) is 8.85. The van der Waals surface area contributed by atoms with Crippen LogP contribution < -0.4 is 5.32 Å². The van der Waals surface area contributed by atoms with E-state index in [0.717, 1.165) is 36.1 Å². The van der Waals surface area contributed by atoms with Crippen LogP contribution in [0.3, 0.4) is 0 Å². The molecule has 1 fully saturated rings. The molecule has 3 aromatic rings. The third-order valence-corrected chi connectivity index (χ3v) is 5.68. The van der Waals surface area contributed by atoms with Crippen LogP contribution in [0, 0.1) is 0 Å². The summed E-state index contributed by atoms with van der Waals surface area (Å²) in [4.78, 5) is 3.93. The zero-order valence-corrected chi connectivity index (χ0v) is 16.3. The number of aromatic nitrogens is 1. The number of aliphatic hydroxyl groups excluding tert-OH is 1. The van der Waals surface area contributed by atoms with E-state index in [1.165, 1.54) is 0 Å². The Bertz CT molecular complexity index is 900. The highest BCUT2D eigenvalue weighted by Crippen LogP contribution is 2.32. The van der Waals surface area contributed by atoms with Gasteiger partial charge in [-0.15, -0.1) is 0 Å². The number of nitrogens with zero attached hydrogens (tertiary/aromatic N) is 1. The van der Waals surface area contributed by atoms with Gasteiger partial charge in [-0.3, -0.25) is 0 Å². The standard InChI is InChI=1S/C16H16N2O2S.C4H9NO/c1-18(2)21(20)12-7-8-16(19)13(10-12)15-9-11-5-3-4-6-14(11)17-15;6-4-1-2-5-3-4/h3-10,17,19H,1-2H3;4-6H,1-3H2. The Labute approximate surface area is 161 Å². The molecule has 1 aromatic heterocycles. The number of rotatable bonds is 3. The third-order valence-electron chi connectivity index (χ3n) is 4.36. The molecule has 1 saturated heterocycles. The Morgan fingerprint density at radius 3 is 2.52 bits per heavy atom. The molecule has 27 heavy (non-hydrogen) atoms. The van der Waals surface area contributed by atoms with E-state index in [-0.39, 0.29) is 11.9 Å². The number of hydrogen-bond acceptors (Lipinski definition) is 4. The second-order valence-electron chi connectivity index (χ2n) is 6.66. The Hall–Kier alpha value is -2.19. The number of aromatic amines is 1. The lowest BCUT2D eigenvalue weighted by molar-refractivity contribution is 0.196. The maximum atomic E-state index is 12.2. The molecule has 0 spiro atoms. The van der Waals surface area contributed by atoms with Gasteiger partial charge in [-0.25, -0.2) is 8.51 Å². The molecule has 0 radical (unpaired) electrons. The molecule has 0 amide bonds. The molecule has 6 nitrogen and oxygen atoms in total. The highest BCUT2D eigenvalue weighted by Gasteiger charge is 2.13. The zero-order chi connectivity index (χ0) is 19.4. The van der Waals surface area contributed by atoms with Crippen LogP contribution in [0.5, 0.6) is 5.75 Å². The summed E-state index contributed by atoms with van der Waals surface area (Å²) in [5.41, 5.74) is 2.47. The number of para-hydroxylation sites is 1. The summed E-state index contributed by atoms with van der Waals surface area (Å²) >= 11 is 0. The van der Waals surface area contributed by atoms with Gasteiger partial charge in [0.05, 0.1) is 16.7 Å². The number of H-pyrrole nitrogens is 1. The van der Waals surface area contributed by atoms with Gasteiger partial charge in [0.2, 0.25) is 0 Å². The molecule has 0 aliphatic carbocycles. The molecule has 7 heteroatoms. The van der Waals surface area contributed by atoms with Crippen molar-refractivity contribution in [2.24, 2.45) is 0 Å². The lowest BCUT2D eigenvalue weighted by atomic mass is 10.1. The maximum absolute atomic E-state index is 12.2. The van der Waals surface area contributed by atoms with Crippen molar-refractivity contribution in [2.75, 3.05) is 27.2 Å². The summed E-state index contributed by atoms with van der Waals surface area (Å²) in [6, 6.07) is 14.9. The third kappa shape index (κ3) is 4.75. The number of hydrogen-bond donors (Lipinski definition) is 4. The van der Waals surface area contributed by atoms with Gasteiger partial charge in [0.1, 0.15) is 16.7 Å². The molecule has 0 bridgehead atoms. The predicted octanol–water partition coefficient (Wildman–Crippen LogP) is 2.47. The van der Waals surface area contributed by atoms with E-state index in [1.54, 1.807) is 36.6 Å². The maximum Gasteiger partial charge on any atom is 0.127 e. The molecule has 4 rings (SSSR count). The van der Waals surface area contributed by atoms with Gasteiger partial charge in [0.25, 0.3) is 0 Å². The van der Waals surface area contributed by atoms with Crippen LogP contribution in [0.4, 0.5) is 0 Å². The topological polar surface area (TPSA) is 88.6 Å². The average molecular weight is 388 g/mol. The fourth-order valence-electron chi connectivity index (χ4n) is 2.91.